The Hall–Kier alpha value is -2.02. The highest BCUT2D eigenvalue weighted by Gasteiger charge is 2.09. The quantitative estimate of drug-likeness (QED) is 0.793. The lowest BCUT2D eigenvalue weighted by molar-refractivity contribution is 0.111. The Balaban J connectivity index is 2.21. The third-order valence-corrected chi connectivity index (χ3v) is 3.33. The van der Waals surface area contributed by atoms with E-state index in [4.69, 9.17) is 33.2 Å². The molecule has 0 saturated heterocycles. The van der Waals surface area contributed by atoms with Crippen molar-refractivity contribution < 1.29 is 9.53 Å². The molecule has 20 heavy (non-hydrogen) atoms. The van der Waals surface area contributed by atoms with E-state index < -0.39 is 0 Å². The molecule has 0 aliphatic rings. The van der Waals surface area contributed by atoms with E-state index in [9.17, 15) is 4.79 Å². The molecular weight excluding hydrogens is 297 g/mol. The van der Waals surface area contributed by atoms with E-state index in [0.717, 1.165) is 0 Å². The summed E-state index contributed by atoms with van der Waals surface area (Å²) in [7, 11) is 0. The maximum Gasteiger partial charge on any atom is 0.153 e. The van der Waals surface area contributed by atoms with Crippen LogP contribution in [0.5, 0.6) is 5.75 Å². The monoisotopic (exact) mass is 305 g/mol. The highest BCUT2D eigenvalue weighted by atomic mass is 35.5. The van der Waals surface area contributed by atoms with E-state index in [1.165, 1.54) is 0 Å². The molecule has 2 aromatic carbocycles. The number of hydrogen-bond donors (Lipinski definition) is 0. The zero-order chi connectivity index (χ0) is 14.5. The number of nitriles is 1. The van der Waals surface area contributed by atoms with Crippen LogP contribution in [0.15, 0.2) is 36.4 Å². The Bertz CT molecular complexity index is 693. The fraction of sp³-hybridized carbons (Fsp3) is 0.0667. The standard InChI is InChI=1S/C15H9Cl2NO2/c16-13-3-1-2-11(8-19)15(13)20-9-12-5-4-10(7-18)6-14(12)17/h1-6,8H,9H2. The number of rotatable bonds is 4. The van der Waals surface area contributed by atoms with Gasteiger partial charge < -0.3 is 4.74 Å². The van der Waals surface area contributed by atoms with E-state index in [2.05, 4.69) is 0 Å². The number of aldehydes is 1. The van der Waals surface area contributed by atoms with Crippen molar-refractivity contribution in [1.82, 2.24) is 0 Å². The molecule has 0 aliphatic heterocycles. The first-order valence-electron chi connectivity index (χ1n) is 5.70. The average molecular weight is 306 g/mol. The third-order valence-electron chi connectivity index (χ3n) is 2.68. The van der Waals surface area contributed by atoms with Gasteiger partial charge in [-0.3, -0.25) is 4.79 Å². The molecule has 0 amide bonds. The van der Waals surface area contributed by atoms with E-state index >= 15 is 0 Å². The fourth-order valence-electron chi connectivity index (χ4n) is 1.65. The van der Waals surface area contributed by atoms with E-state index in [1.807, 2.05) is 6.07 Å². The van der Waals surface area contributed by atoms with E-state index in [1.54, 1.807) is 36.4 Å². The number of nitrogens with zero attached hydrogens (tertiary/aromatic N) is 1. The lowest BCUT2D eigenvalue weighted by Crippen LogP contribution is -2.00. The first-order chi connectivity index (χ1) is 9.65. The largest absolute Gasteiger partial charge is 0.487 e. The Kier molecular flexibility index (Phi) is 4.62. The molecule has 0 N–H and O–H groups in total. The maximum absolute atomic E-state index is 10.9. The van der Waals surface area contributed by atoms with Gasteiger partial charge in [-0.15, -0.1) is 0 Å². The Morgan fingerprint density at radius 2 is 2.00 bits per heavy atom. The summed E-state index contributed by atoms with van der Waals surface area (Å²) in [6, 6.07) is 11.9. The van der Waals surface area contributed by atoms with Gasteiger partial charge in [-0.1, -0.05) is 35.3 Å². The Labute approximate surface area is 126 Å². The minimum atomic E-state index is 0.162. The van der Waals surface area contributed by atoms with Gasteiger partial charge in [-0.05, 0) is 24.3 Å². The minimum Gasteiger partial charge on any atom is -0.487 e. The van der Waals surface area contributed by atoms with Gasteiger partial charge >= 0.3 is 0 Å². The van der Waals surface area contributed by atoms with Gasteiger partial charge in [0, 0.05) is 10.6 Å². The number of para-hydroxylation sites is 1. The van der Waals surface area contributed by atoms with Crippen LogP contribution < -0.4 is 4.74 Å². The molecule has 0 atom stereocenters. The molecule has 5 heteroatoms. The molecule has 0 bridgehead atoms. The summed E-state index contributed by atoms with van der Waals surface area (Å²) < 4.78 is 5.57. The summed E-state index contributed by atoms with van der Waals surface area (Å²) in [6.07, 6.45) is 0.682. The molecule has 0 aromatic heterocycles. The summed E-state index contributed by atoms with van der Waals surface area (Å²) in [4.78, 5) is 10.9. The molecule has 3 nitrogen and oxygen atoms in total. The Morgan fingerprint density at radius 1 is 1.20 bits per heavy atom. The number of carbonyl (C=O) groups is 1. The predicted molar refractivity (Wildman–Crippen MR) is 77.3 cm³/mol. The van der Waals surface area contributed by atoms with Crippen LogP contribution in [0.1, 0.15) is 21.5 Å². The van der Waals surface area contributed by atoms with Gasteiger partial charge in [0.05, 0.1) is 22.2 Å². The molecule has 0 aliphatic carbocycles. The number of halogens is 2. The van der Waals surface area contributed by atoms with Gasteiger partial charge in [0.15, 0.2) is 6.29 Å². The molecule has 0 unspecified atom stereocenters. The first-order valence-corrected chi connectivity index (χ1v) is 6.46. The molecule has 0 fully saturated rings. The molecule has 0 saturated carbocycles. The summed E-state index contributed by atoms with van der Waals surface area (Å²) in [5.74, 6) is 0.324. The highest BCUT2D eigenvalue weighted by Crippen LogP contribution is 2.29. The van der Waals surface area contributed by atoms with Crippen LogP contribution in [-0.4, -0.2) is 6.29 Å². The van der Waals surface area contributed by atoms with Gasteiger partial charge in [0.2, 0.25) is 0 Å². The van der Waals surface area contributed by atoms with Gasteiger partial charge in [-0.2, -0.15) is 5.26 Å². The second-order valence-electron chi connectivity index (χ2n) is 3.98. The van der Waals surface area contributed by atoms with Crippen LogP contribution >= 0.6 is 23.2 Å². The van der Waals surface area contributed by atoms with Crippen LogP contribution in [0.4, 0.5) is 0 Å². The predicted octanol–water partition coefficient (Wildman–Crippen LogP) is 4.26. The van der Waals surface area contributed by atoms with Crippen molar-refractivity contribution in [3.05, 3.63) is 63.1 Å². The van der Waals surface area contributed by atoms with E-state index in [0.29, 0.717) is 38.8 Å². The molecule has 2 rings (SSSR count). The van der Waals surface area contributed by atoms with Crippen LogP contribution in [0.3, 0.4) is 0 Å². The number of benzene rings is 2. The van der Waals surface area contributed by atoms with Crippen LogP contribution in [-0.2, 0) is 6.61 Å². The number of ether oxygens (including phenoxy) is 1. The average Bonchev–Trinajstić information content (AvgIpc) is 2.46. The van der Waals surface area contributed by atoms with Gasteiger partial charge in [0.25, 0.3) is 0 Å². The van der Waals surface area contributed by atoms with Gasteiger partial charge in [-0.25, -0.2) is 0 Å². The number of carbonyl (C=O) groups excluding carboxylic acids is 1. The maximum atomic E-state index is 10.9. The fourth-order valence-corrected chi connectivity index (χ4v) is 2.13. The highest BCUT2D eigenvalue weighted by molar-refractivity contribution is 6.32. The van der Waals surface area contributed by atoms with Crippen LogP contribution in [0, 0.1) is 11.3 Å². The van der Waals surface area contributed by atoms with Crippen molar-refractivity contribution in [2.45, 2.75) is 6.61 Å². The van der Waals surface area contributed by atoms with Gasteiger partial charge in [0.1, 0.15) is 12.4 Å². The number of hydrogen-bond acceptors (Lipinski definition) is 3. The normalized spacial score (nSPS) is 9.85. The second-order valence-corrected chi connectivity index (χ2v) is 4.80. The zero-order valence-electron chi connectivity index (χ0n) is 10.3. The third kappa shape index (κ3) is 3.11. The summed E-state index contributed by atoms with van der Waals surface area (Å²) in [6.45, 7) is 0.162. The SMILES string of the molecule is N#Cc1ccc(COc2c(Cl)cccc2C=O)c(Cl)c1. The molecular formula is C15H9Cl2NO2. The van der Waals surface area contributed by atoms with Crippen LogP contribution in [0.2, 0.25) is 10.0 Å². The Morgan fingerprint density at radius 3 is 2.65 bits per heavy atom. The van der Waals surface area contributed by atoms with Crippen molar-refractivity contribution in [3.8, 4) is 11.8 Å². The lowest BCUT2D eigenvalue weighted by Gasteiger charge is -2.11. The van der Waals surface area contributed by atoms with E-state index in [-0.39, 0.29) is 6.61 Å². The topological polar surface area (TPSA) is 50.1 Å². The molecule has 0 heterocycles. The summed E-state index contributed by atoms with van der Waals surface area (Å²) in [5, 5.41) is 9.56. The summed E-state index contributed by atoms with van der Waals surface area (Å²) >= 11 is 12.1. The molecule has 100 valence electrons. The molecule has 2 aromatic rings. The van der Waals surface area contributed by atoms with Crippen LogP contribution in [0.25, 0.3) is 0 Å². The lowest BCUT2D eigenvalue weighted by atomic mass is 10.1. The molecule has 0 spiro atoms. The van der Waals surface area contributed by atoms with Crippen molar-refractivity contribution in [2.75, 3.05) is 0 Å². The summed E-state index contributed by atoms with van der Waals surface area (Å²) in [5.41, 5.74) is 1.56. The minimum absolute atomic E-state index is 0.162. The zero-order valence-corrected chi connectivity index (χ0v) is 11.8. The second kappa shape index (κ2) is 6.42. The van der Waals surface area contributed by atoms with Crippen molar-refractivity contribution in [2.24, 2.45) is 0 Å². The first kappa shape index (κ1) is 14.4. The molecule has 0 radical (unpaired) electrons. The smallest absolute Gasteiger partial charge is 0.153 e. The van der Waals surface area contributed by atoms with Crippen molar-refractivity contribution in [1.29, 1.82) is 5.26 Å². The van der Waals surface area contributed by atoms with Crippen molar-refractivity contribution >= 4 is 29.5 Å². The van der Waals surface area contributed by atoms with Crippen molar-refractivity contribution in [3.63, 3.8) is 0 Å².